The van der Waals surface area contributed by atoms with Crippen LogP contribution in [0.2, 0.25) is 0 Å². The minimum atomic E-state index is -0.167. The molecule has 150 valence electrons. The predicted octanol–water partition coefficient (Wildman–Crippen LogP) is 3.81. The molecule has 0 aromatic carbocycles. The van der Waals surface area contributed by atoms with Crippen LogP contribution in [0, 0.1) is 34.5 Å². The van der Waals surface area contributed by atoms with Gasteiger partial charge in [0.05, 0.1) is 0 Å². The molecule has 0 radical (unpaired) electrons. The summed E-state index contributed by atoms with van der Waals surface area (Å²) in [5.74, 6) is 2.41. The molecule has 4 nitrogen and oxygen atoms in total. The summed E-state index contributed by atoms with van der Waals surface area (Å²) in [5.41, 5.74) is 0.0323. The summed E-state index contributed by atoms with van der Waals surface area (Å²) < 4.78 is 0. The minimum Gasteiger partial charge on any atom is -0.351 e. The third kappa shape index (κ3) is 2.94. The fourth-order valence-corrected chi connectivity index (χ4v) is 7.22. The maximum absolute atomic E-state index is 13.0. The molecule has 4 heteroatoms. The van der Waals surface area contributed by atoms with Gasteiger partial charge in [-0.3, -0.25) is 9.59 Å². The number of nitrogens with one attached hydrogen (secondary N) is 2. The van der Waals surface area contributed by atoms with Gasteiger partial charge in [0, 0.05) is 22.9 Å². The quantitative estimate of drug-likeness (QED) is 0.735. The Morgan fingerprint density at radius 3 is 2.56 bits per heavy atom. The van der Waals surface area contributed by atoms with Crippen molar-refractivity contribution in [3.05, 3.63) is 12.2 Å². The second kappa shape index (κ2) is 6.09. The van der Waals surface area contributed by atoms with Crippen LogP contribution in [-0.2, 0) is 9.59 Å². The maximum Gasteiger partial charge on any atom is 0.243 e. The summed E-state index contributed by atoms with van der Waals surface area (Å²) in [6.45, 7) is 11.0. The second-order valence-electron chi connectivity index (χ2n) is 11.1. The Labute approximate surface area is 163 Å². The van der Waals surface area contributed by atoms with Crippen LogP contribution in [0.3, 0.4) is 0 Å². The van der Waals surface area contributed by atoms with Gasteiger partial charge in [-0.25, -0.2) is 0 Å². The first-order valence-corrected chi connectivity index (χ1v) is 10.9. The number of carbonyl (C=O) groups is 2. The van der Waals surface area contributed by atoms with E-state index in [9.17, 15) is 9.59 Å². The largest absolute Gasteiger partial charge is 0.351 e. The van der Waals surface area contributed by atoms with Gasteiger partial charge in [-0.1, -0.05) is 19.9 Å². The Bertz CT molecular complexity index is 678. The molecule has 27 heavy (non-hydrogen) atoms. The number of hydrogen-bond acceptors (Lipinski definition) is 2. The van der Waals surface area contributed by atoms with Gasteiger partial charge in [-0.15, -0.1) is 0 Å². The Balaban J connectivity index is 1.58. The number of fused-ring (bicyclic) bond motifs is 5. The monoisotopic (exact) mass is 372 g/mol. The fraction of sp³-hybridized carbons (Fsp3) is 0.826. The molecule has 1 aliphatic heterocycles. The van der Waals surface area contributed by atoms with Crippen LogP contribution in [0.5, 0.6) is 0 Å². The van der Waals surface area contributed by atoms with Crippen molar-refractivity contribution in [2.45, 2.75) is 84.7 Å². The van der Waals surface area contributed by atoms with Crippen molar-refractivity contribution in [1.29, 1.82) is 0 Å². The number of amides is 2. The smallest absolute Gasteiger partial charge is 0.243 e. The lowest BCUT2D eigenvalue weighted by Gasteiger charge is -2.58. The Kier molecular flexibility index (Phi) is 4.29. The van der Waals surface area contributed by atoms with E-state index in [1.807, 2.05) is 0 Å². The van der Waals surface area contributed by atoms with Gasteiger partial charge in [0.1, 0.15) is 0 Å². The SMILES string of the molecule is CC(C)(C)NC(=O)[C@H]1CC[C@H]2[C@H]3CC[C@H]4NC(=O)C=C[C@]4(C)[C@H]3CC[C@]12C. The van der Waals surface area contributed by atoms with E-state index >= 15 is 0 Å². The standard InChI is InChI=1S/C23H36N2O2/c1-21(2,3)25-20(27)17-8-7-15-14-6-9-18-23(5,13-11-19(26)24-18)16(14)10-12-22(15,17)4/h11,13-18H,6-10,12H2,1-5H3,(H,24,26)(H,25,27)/t14-,15+,16+,17-,18-,22+,23-/m1/s1. The van der Waals surface area contributed by atoms with Crippen molar-refractivity contribution >= 4 is 11.8 Å². The molecule has 0 spiro atoms. The van der Waals surface area contributed by atoms with Gasteiger partial charge in [0.25, 0.3) is 0 Å². The molecule has 3 fully saturated rings. The zero-order valence-corrected chi connectivity index (χ0v) is 17.6. The molecule has 7 atom stereocenters. The number of carbonyl (C=O) groups excluding carboxylic acids is 2. The van der Waals surface area contributed by atoms with Crippen LogP contribution in [-0.4, -0.2) is 23.4 Å². The van der Waals surface area contributed by atoms with Crippen LogP contribution in [0.4, 0.5) is 0 Å². The molecule has 0 saturated heterocycles. The second-order valence-corrected chi connectivity index (χ2v) is 11.1. The van der Waals surface area contributed by atoms with Crippen LogP contribution < -0.4 is 10.6 Å². The Hall–Kier alpha value is -1.32. The summed E-state index contributed by atoms with van der Waals surface area (Å²) in [6, 6.07) is 0.280. The zero-order chi connectivity index (χ0) is 19.6. The molecule has 0 aromatic heterocycles. The first-order valence-electron chi connectivity index (χ1n) is 10.9. The van der Waals surface area contributed by atoms with Gasteiger partial charge >= 0.3 is 0 Å². The zero-order valence-electron chi connectivity index (χ0n) is 17.6. The Morgan fingerprint density at radius 1 is 1.11 bits per heavy atom. The highest BCUT2D eigenvalue weighted by Gasteiger charge is 2.60. The van der Waals surface area contributed by atoms with Crippen LogP contribution in [0.25, 0.3) is 0 Å². The van der Waals surface area contributed by atoms with Crippen molar-refractivity contribution in [3.63, 3.8) is 0 Å². The molecular formula is C23H36N2O2. The van der Waals surface area contributed by atoms with Gasteiger partial charge in [-0.05, 0) is 88.5 Å². The highest BCUT2D eigenvalue weighted by Crippen LogP contribution is 2.65. The molecule has 4 aliphatic rings. The lowest BCUT2D eigenvalue weighted by atomic mass is 9.48. The van der Waals surface area contributed by atoms with Crippen molar-refractivity contribution in [1.82, 2.24) is 10.6 Å². The molecule has 2 N–H and O–H groups in total. The highest BCUT2D eigenvalue weighted by atomic mass is 16.2. The predicted molar refractivity (Wildman–Crippen MR) is 107 cm³/mol. The molecule has 1 heterocycles. The normalized spacial score (nSPS) is 46.1. The summed E-state index contributed by atoms with van der Waals surface area (Å²) in [5, 5.41) is 6.48. The molecule has 0 aromatic rings. The van der Waals surface area contributed by atoms with E-state index in [1.165, 1.54) is 19.3 Å². The van der Waals surface area contributed by atoms with Crippen molar-refractivity contribution in [3.8, 4) is 0 Å². The van der Waals surface area contributed by atoms with Crippen molar-refractivity contribution < 1.29 is 9.59 Å². The maximum atomic E-state index is 13.0. The molecule has 3 saturated carbocycles. The topological polar surface area (TPSA) is 58.2 Å². The van der Waals surface area contributed by atoms with E-state index in [2.05, 4.69) is 51.3 Å². The highest BCUT2D eigenvalue weighted by molar-refractivity contribution is 5.89. The first kappa shape index (κ1) is 19.0. The van der Waals surface area contributed by atoms with E-state index in [-0.39, 0.29) is 40.1 Å². The minimum absolute atomic E-state index is 0.0661. The van der Waals surface area contributed by atoms with Gasteiger partial charge in [-0.2, -0.15) is 0 Å². The average Bonchev–Trinajstić information content (AvgIpc) is 2.91. The van der Waals surface area contributed by atoms with Gasteiger partial charge in [0.15, 0.2) is 0 Å². The lowest BCUT2D eigenvalue weighted by molar-refractivity contribution is -0.135. The molecular weight excluding hydrogens is 336 g/mol. The first-order chi connectivity index (χ1) is 12.5. The van der Waals surface area contributed by atoms with E-state index < -0.39 is 0 Å². The third-order valence-electron chi connectivity index (χ3n) is 8.50. The lowest BCUT2D eigenvalue weighted by Crippen LogP contribution is -2.59. The van der Waals surface area contributed by atoms with Gasteiger partial charge in [0.2, 0.25) is 11.8 Å². The molecule has 0 unspecified atom stereocenters. The summed E-state index contributed by atoms with van der Waals surface area (Å²) >= 11 is 0. The Morgan fingerprint density at radius 2 is 1.85 bits per heavy atom. The molecule has 3 aliphatic carbocycles. The molecule has 0 bridgehead atoms. The average molecular weight is 373 g/mol. The van der Waals surface area contributed by atoms with Crippen LogP contribution in [0.15, 0.2) is 12.2 Å². The van der Waals surface area contributed by atoms with Crippen LogP contribution in [0.1, 0.15) is 73.1 Å². The van der Waals surface area contributed by atoms with Gasteiger partial charge < -0.3 is 10.6 Å². The molecule has 2 amide bonds. The summed E-state index contributed by atoms with van der Waals surface area (Å²) in [6.07, 6.45) is 10.7. The van der Waals surface area contributed by atoms with Crippen LogP contribution >= 0.6 is 0 Å². The number of hydrogen-bond donors (Lipinski definition) is 2. The van der Waals surface area contributed by atoms with E-state index in [4.69, 9.17) is 0 Å². The fourth-order valence-electron chi connectivity index (χ4n) is 7.22. The third-order valence-corrected chi connectivity index (χ3v) is 8.50. The van der Waals surface area contributed by atoms with E-state index in [0.717, 1.165) is 19.3 Å². The van der Waals surface area contributed by atoms with E-state index in [1.54, 1.807) is 6.08 Å². The van der Waals surface area contributed by atoms with Crippen molar-refractivity contribution in [2.24, 2.45) is 34.5 Å². The summed E-state index contributed by atoms with van der Waals surface area (Å²) in [7, 11) is 0. The van der Waals surface area contributed by atoms with E-state index in [0.29, 0.717) is 17.8 Å². The summed E-state index contributed by atoms with van der Waals surface area (Å²) in [4.78, 5) is 24.9. The number of rotatable bonds is 1. The molecule has 4 rings (SSSR count). The van der Waals surface area contributed by atoms with Crippen molar-refractivity contribution in [2.75, 3.05) is 0 Å².